The lowest BCUT2D eigenvalue weighted by atomic mass is 10.2. The summed E-state index contributed by atoms with van der Waals surface area (Å²) < 4.78 is 5.00. The second-order valence-electron chi connectivity index (χ2n) is 4.29. The number of ether oxygens (including phenoxy) is 1. The van der Waals surface area contributed by atoms with Crippen molar-refractivity contribution in [3.63, 3.8) is 0 Å². The first-order chi connectivity index (χ1) is 11.1. The van der Waals surface area contributed by atoms with Crippen LogP contribution in [0.2, 0.25) is 5.15 Å². The van der Waals surface area contributed by atoms with E-state index in [1.54, 1.807) is 30.3 Å². The average molecular weight is 334 g/mol. The summed E-state index contributed by atoms with van der Waals surface area (Å²) in [7, 11) is 0. The summed E-state index contributed by atoms with van der Waals surface area (Å²) in [6, 6.07) is 9.68. The molecule has 0 bridgehead atoms. The molecule has 0 fully saturated rings. The molecule has 23 heavy (non-hydrogen) atoms. The van der Waals surface area contributed by atoms with Crippen molar-refractivity contribution in [2.75, 3.05) is 6.61 Å². The zero-order valence-electron chi connectivity index (χ0n) is 11.8. The van der Waals surface area contributed by atoms with Gasteiger partial charge < -0.3 is 9.84 Å². The Morgan fingerprint density at radius 1 is 1.30 bits per heavy atom. The van der Waals surface area contributed by atoms with Crippen LogP contribution >= 0.6 is 11.6 Å². The van der Waals surface area contributed by atoms with Gasteiger partial charge in [0.15, 0.2) is 6.61 Å². The normalized spacial score (nSPS) is 10.5. The number of rotatable bonds is 6. The van der Waals surface area contributed by atoms with Gasteiger partial charge in [0.25, 0.3) is 5.91 Å². The van der Waals surface area contributed by atoms with Gasteiger partial charge in [0.1, 0.15) is 10.9 Å². The zero-order chi connectivity index (χ0) is 16.7. The third-order valence-electron chi connectivity index (χ3n) is 2.63. The summed E-state index contributed by atoms with van der Waals surface area (Å²) in [6.07, 6.45) is 2.92. The molecule has 0 unspecified atom stereocenters. The van der Waals surface area contributed by atoms with Crippen molar-refractivity contribution in [2.45, 2.75) is 0 Å². The first-order valence-electron chi connectivity index (χ1n) is 6.45. The number of halogens is 1. The van der Waals surface area contributed by atoms with Crippen LogP contribution in [0.1, 0.15) is 15.9 Å². The molecule has 2 rings (SSSR count). The number of carbonyl (C=O) groups excluding carboxylic acids is 1. The minimum atomic E-state index is -1.05. The topological polar surface area (TPSA) is 101 Å². The number of hydrazone groups is 1. The van der Waals surface area contributed by atoms with Crippen LogP contribution < -0.4 is 10.2 Å². The molecule has 0 aliphatic heterocycles. The molecule has 1 aromatic carbocycles. The standard InChI is InChI=1S/C15H12ClN3O4/c16-14-12(2-1-7-17-14)15(22)19-18-8-10-3-5-11(6-4-10)23-9-13(20)21/h1-8H,9H2,(H,19,22)(H,20,21). The zero-order valence-corrected chi connectivity index (χ0v) is 12.5. The maximum atomic E-state index is 11.8. The van der Waals surface area contributed by atoms with Crippen molar-refractivity contribution in [3.8, 4) is 5.75 Å². The fourth-order valence-corrected chi connectivity index (χ4v) is 1.78. The number of carboxylic acid groups (broad SMARTS) is 1. The maximum absolute atomic E-state index is 11.8. The number of carbonyl (C=O) groups is 2. The van der Waals surface area contributed by atoms with E-state index in [1.807, 2.05) is 0 Å². The minimum Gasteiger partial charge on any atom is -0.482 e. The number of hydrogen-bond donors (Lipinski definition) is 2. The first-order valence-corrected chi connectivity index (χ1v) is 6.82. The maximum Gasteiger partial charge on any atom is 0.341 e. The lowest BCUT2D eigenvalue weighted by Crippen LogP contribution is -2.18. The average Bonchev–Trinajstić information content (AvgIpc) is 2.54. The monoisotopic (exact) mass is 333 g/mol. The summed E-state index contributed by atoms with van der Waals surface area (Å²) >= 11 is 5.80. The molecule has 1 aromatic heterocycles. The number of hydrogen-bond acceptors (Lipinski definition) is 5. The molecule has 0 saturated carbocycles. The predicted molar refractivity (Wildman–Crippen MR) is 83.9 cm³/mol. The van der Waals surface area contributed by atoms with Gasteiger partial charge in [-0.1, -0.05) is 11.6 Å². The van der Waals surface area contributed by atoms with Gasteiger partial charge in [0.2, 0.25) is 0 Å². The van der Waals surface area contributed by atoms with Crippen LogP contribution in [0.5, 0.6) is 5.75 Å². The molecule has 0 saturated heterocycles. The molecule has 0 radical (unpaired) electrons. The molecule has 0 aliphatic rings. The summed E-state index contributed by atoms with van der Waals surface area (Å²) in [5, 5.41) is 12.4. The van der Waals surface area contributed by atoms with Crippen LogP contribution in [0.3, 0.4) is 0 Å². The lowest BCUT2D eigenvalue weighted by molar-refractivity contribution is -0.139. The second kappa shape index (κ2) is 7.90. The van der Waals surface area contributed by atoms with Gasteiger partial charge in [-0.2, -0.15) is 5.10 Å². The number of aromatic nitrogens is 1. The van der Waals surface area contributed by atoms with Crippen LogP contribution in [0.25, 0.3) is 0 Å². The molecule has 7 nitrogen and oxygen atoms in total. The van der Waals surface area contributed by atoms with Crippen molar-refractivity contribution in [2.24, 2.45) is 5.10 Å². The Hall–Kier alpha value is -2.93. The van der Waals surface area contributed by atoms with E-state index in [4.69, 9.17) is 21.4 Å². The van der Waals surface area contributed by atoms with E-state index in [0.29, 0.717) is 11.3 Å². The Morgan fingerprint density at radius 2 is 2.04 bits per heavy atom. The molecule has 0 atom stereocenters. The second-order valence-corrected chi connectivity index (χ2v) is 4.65. The summed E-state index contributed by atoms with van der Waals surface area (Å²) in [5.74, 6) is -1.09. The van der Waals surface area contributed by atoms with Crippen molar-refractivity contribution in [3.05, 3.63) is 58.9 Å². The first kappa shape index (κ1) is 16.4. The van der Waals surface area contributed by atoms with Crippen LogP contribution in [0.15, 0.2) is 47.7 Å². The molecule has 2 N–H and O–H groups in total. The van der Waals surface area contributed by atoms with Crippen molar-refractivity contribution in [1.82, 2.24) is 10.4 Å². The van der Waals surface area contributed by atoms with Gasteiger partial charge in [0, 0.05) is 6.20 Å². The Bertz CT molecular complexity index is 732. The number of aliphatic carboxylic acids is 1. The van der Waals surface area contributed by atoms with Crippen LogP contribution in [-0.4, -0.2) is 34.8 Å². The number of amides is 1. The summed E-state index contributed by atoms with van der Waals surface area (Å²) in [4.78, 5) is 26.0. The van der Waals surface area contributed by atoms with E-state index in [9.17, 15) is 9.59 Å². The highest BCUT2D eigenvalue weighted by atomic mass is 35.5. The quantitative estimate of drug-likeness (QED) is 0.478. The van der Waals surface area contributed by atoms with Crippen molar-refractivity contribution >= 4 is 29.7 Å². The Labute approximate surface area is 136 Å². The molecule has 0 spiro atoms. The fraction of sp³-hybridized carbons (Fsp3) is 0.0667. The Morgan fingerprint density at radius 3 is 2.70 bits per heavy atom. The third kappa shape index (κ3) is 5.08. The predicted octanol–water partition coefficient (Wildman–Crippen LogP) is 1.96. The number of nitrogens with one attached hydrogen (secondary N) is 1. The van der Waals surface area contributed by atoms with Crippen molar-refractivity contribution < 1.29 is 19.4 Å². The van der Waals surface area contributed by atoms with E-state index in [1.165, 1.54) is 18.5 Å². The molecular formula is C15H12ClN3O4. The van der Waals surface area contributed by atoms with Crippen molar-refractivity contribution in [1.29, 1.82) is 0 Å². The molecule has 8 heteroatoms. The van der Waals surface area contributed by atoms with E-state index >= 15 is 0 Å². The van der Waals surface area contributed by atoms with E-state index < -0.39 is 18.5 Å². The molecule has 0 aliphatic carbocycles. The van der Waals surface area contributed by atoms with Gasteiger partial charge in [0.05, 0.1) is 11.8 Å². The SMILES string of the molecule is O=C(O)COc1ccc(C=NNC(=O)c2cccnc2Cl)cc1. The lowest BCUT2D eigenvalue weighted by Gasteiger charge is -2.03. The van der Waals surface area contributed by atoms with Gasteiger partial charge in [-0.3, -0.25) is 4.79 Å². The molecule has 1 amide bonds. The molecule has 118 valence electrons. The van der Waals surface area contributed by atoms with Gasteiger partial charge in [-0.25, -0.2) is 15.2 Å². The van der Waals surface area contributed by atoms with E-state index in [0.717, 1.165) is 0 Å². The minimum absolute atomic E-state index is 0.0973. The summed E-state index contributed by atoms with van der Waals surface area (Å²) in [6.45, 7) is -0.407. The highest BCUT2D eigenvalue weighted by molar-refractivity contribution is 6.32. The highest BCUT2D eigenvalue weighted by Gasteiger charge is 2.09. The number of carboxylic acids is 1. The Balaban J connectivity index is 1.92. The van der Waals surface area contributed by atoms with Crippen LogP contribution in [0, 0.1) is 0 Å². The molecule has 2 aromatic rings. The molecule has 1 heterocycles. The van der Waals surface area contributed by atoms with Gasteiger partial charge in [-0.15, -0.1) is 0 Å². The van der Waals surface area contributed by atoms with E-state index in [-0.39, 0.29) is 10.7 Å². The van der Waals surface area contributed by atoms with Gasteiger partial charge in [-0.05, 0) is 42.0 Å². The molecular weight excluding hydrogens is 322 g/mol. The van der Waals surface area contributed by atoms with Crippen LogP contribution in [0.4, 0.5) is 0 Å². The summed E-state index contributed by atoms with van der Waals surface area (Å²) in [5.41, 5.74) is 3.27. The third-order valence-corrected chi connectivity index (χ3v) is 2.93. The van der Waals surface area contributed by atoms with Gasteiger partial charge >= 0.3 is 5.97 Å². The largest absolute Gasteiger partial charge is 0.482 e. The number of benzene rings is 1. The van der Waals surface area contributed by atoms with Crippen LogP contribution in [-0.2, 0) is 4.79 Å². The fourth-order valence-electron chi connectivity index (χ4n) is 1.58. The smallest absolute Gasteiger partial charge is 0.341 e. The highest BCUT2D eigenvalue weighted by Crippen LogP contribution is 2.12. The number of pyridine rings is 1. The Kier molecular flexibility index (Phi) is 5.65. The van der Waals surface area contributed by atoms with E-state index in [2.05, 4.69) is 15.5 Å². The number of nitrogens with zero attached hydrogens (tertiary/aromatic N) is 2.